The molecule has 1 N–H and O–H groups in total. The monoisotopic (exact) mass is 360 g/mol. The van der Waals surface area contributed by atoms with Gasteiger partial charge in [-0.15, -0.1) is 0 Å². The highest BCUT2D eigenvalue weighted by molar-refractivity contribution is 5.77. The molecule has 0 bridgehead atoms. The first-order chi connectivity index (χ1) is 12.7. The predicted octanol–water partition coefficient (Wildman–Crippen LogP) is 6.65. The van der Waals surface area contributed by atoms with Crippen LogP contribution in [0.2, 0.25) is 0 Å². The first-order valence-electron chi connectivity index (χ1n) is 9.95. The Labute approximate surface area is 164 Å². The van der Waals surface area contributed by atoms with Crippen molar-refractivity contribution in [1.29, 1.82) is 0 Å². The smallest absolute Gasteiger partial charge is 0.0617 e. The van der Waals surface area contributed by atoms with E-state index in [1.165, 1.54) is 40.7 Å². The summed E-state index contributed by atoms with van der Waals surface area (Å²) >= 11 is 0. The van der Waals surface area contributed by atoms with Gasteiger partial charge in [-0.25, -0.2) is 0 Å². The topological polar surface area (TPSA) is 20.2 Å². The highest BCUT2D eigenvalue weighted by Crippen LogP contribution is 2.47. The molecule has 0 heterocycles. The predicted molar refractivity (Wildman–Crippen MR) is 117 cm³/mol. The maximum atomic E-state index is 9.06. The molecule has 0 fully saturated rings. The van der Waals surface area contributed by atoms with Crippen molar-refractivity contribution in [3.05, 3.63) is 76.9 Å². The Morgan fingerprint density at radius 1 is 0.963 bits per heavy atom. The van der Waals surface area contributed by atoms with E-state index in [4.69, 9.17) is 5.11 Å². The van der Waals surface area contributed by atoms with Gasteiger partial charge in [-0.1, -0.05) is 94.0 Å². The third-order valence-electron chi connectivity index (χ3n) is 6.06. The van der Waals surface area contributed by atoms with Gasteiger partial charge in [0, 0.05) is 0 Å². The molecule has 0 aromatic heterocycles. The van der Waals surface area contributed by atoms with Gasteiger partial charge in [-0.3, -0.25) is 0 Å². The molecule has 1 heteroatoms. The van der Waals surface area contributed by atoms with Crippen LogP contribution in [0, 0.1) is 0 Å². The minimum Gasteiger partial charge on any atom is -0.392 e. The van der Waals surface area contributed by atoms with Crippen LogP contribution in [0.3, 0.4) is 0 Å². The number of fused-ring (bicyclic) bond motifs is 1. The summed E-state index contributed by atoms with van der Waals surface area (Å²) in [5.41, 5.74) is 8.26. The lowest BCUT2D eigenvalue weighted by Gasteiger charge is -2.42. The van der Waals surface area contributed by atoms with Crippen LogP contribution in [0.4, 0.5) is 0 Å². The number of rotatable bonds is 4. The van der Waals surface area contributed by atoms with Crippen molar-refractivity contribution in [3.63, 3.8) is 0 Å². The molecule has 27 heavy (non-hydrogen) atoms. The lowest BCUT2D eigenvalue weighted by Crippen LogP contribution is -2.33. The molecular weight excluding hydrogens is 328 g/mol. The van der Waals surface area contributed by atoms with Gasteiger partial charge in [-0.05, 0) is 58.4 Å². The van der Waals surface area contributed by atoms with Crippen molar-refractivity contribution >= 4 is 6.08 Å². The van der Waals surface area contributed by atoms with Crippen LogP contribution in [-0.4, -0.2) is 11.7 Å². The molecule has 0 spiro atoms. The largest absolute Gasteiger partial charge is 0.392 e. The van der Waals surface area contributed by atoms with E-state index in [-0.39, 0.29) is 17.4 Å². The molecule has 3 rings (SSSR count). The summed E-state index contributed by atoms with van der Waals surface area (Å²) < 4.78 is 0. The van der Waals surface area contributed by atoms with Gasteiger partial charge >= 0.3 is 0 Å². The summed E-state index contributed by atoms with van der Waals surface area (Å²) in [4.78, 5) is 0. The number of aliphatic hydroxyl groups is 1. The minimum atomic E-state index is 0.0769. The van der Waals surface area contributed by atoms with Crippen molar-refractivity contribution in [2.24, 2.45) is 0 Å². The van der Waals surface area contributed by atoms with Crippen LogP contribution in [0.25, 0.3) is 17.2 Å². The van der Waals surface area contributed by atoms with Gasteiger partial charge < -0.3 is 5.11 Å². The van der Waals surface area contributed by atoms with E-state index in [9.17, 15) is 0 Å². The van der Waals surface area contributed by atoms with Crippen molar-refractivity contribution in [1.82, 2.24) is 0 Å². The van der Waals surface area contributed by atoms with E-state index in [0.717, 1.165) is 5.57 Å². The number of allylic oxidation sites excluding steroid dienone is 2. The van der Waals surface area contributed by atoms with Crippen LogP contribution >= 0.6 is 0 Å². The summed E-state index contributed by atoms with van der Waals surface area (Å²) in [6.07, 6.45) is 8.50. The summed E-state index contributed by atoms with van der Waals surface area (Å²) in [5, 5.41) is 9.06. The van der Waals surface area contributed by atoms with Gasteiger partial charge in [-0.2, -0.15) is 0 Å². The second kappa shape index (κ2) is 7.48. The average Bonchev–Trinajstić information content (AvgIpc) is 2.64. The molecule has 2 aromatic carbocycles. The van der Waals surface area contributed by atoms with Crippen molar-refractivity contribution in [2.45, 2.75) is 58.3 Å². The van der Waals surface area contributed by atoms with Gasteiger partial charge in [0.1, 0.15) is 0 Å². The van der Waals surface area contributed by atoms with Crippen LogP contribution in [0.15, 0.2) is 60.2 Å². The summed E-state index contributed by atoms with van der Waals surface area (Å²) in [7, 11) is 0. The molecule has 0 radical (unpaired) electrons. The molecular formula is C26H32O. The van der Waals surface area contributed by atoms with Gasteiger partial charge in [0.15, 0.2) is 0 Å². The third kappa shape index (κ3) is 4.09. The van der Waals surface area contributed by atoms with Crippen LogP contribution < -0.4 is 0 Å². The zero-order valence-corrected chi connectivity index (χ0v) is 17.3. The third-order valence-corrected chi connectivity index (χ3v) is 6.06. The first kappa shape index (κ1) is 19.6. The standard InChI is InChI=1S/C26H32O/c1-19(14-17-27)10-11-20-8-6-7-9-22(20)21-12-13-23-24(18-21)26(4,5)16-15-25(23,2)3/h6-14,18,27H,15-17H2,1-5H3. The fourth-order valence-corrected chi connectivity index (χ4v) is 4.09. The fraction of sp³-hybridized carbons (Fsp3) is 0.385. The number of aliphatic hydroxyl groups excluding tert-OH is 1. The van der Waals surface area contributed by atoms with E-state index < -0.39 is 0 Å². The summed E-state index contributed by atoms with van der Waals surface area (Å²) in [6, 6.07) is 15.6. The normalized spacial score (nSPS) is 18.5. The maximum absolute atomic E-state index is 9.06. The maximum Gasteiger partial charge on any atom is 0.0617 e. The van der Waals surface area contributed by atoms with Crippen molar-refractivity contribution < 1.29 is 5.11 Å². The van der Waals surface area contributed by atoms with E-state index in [0.29, 0.717) is 0 Å². The lowest BCUT2D eigenvalue weighted by molar-refractivity contribution is 0.332. The Balaban J connectivity index is 2.08. The van der Waals surface area contributed by atoms with Crippen molar-refractivity contribution in [3.8, 4) is 11.1 Å². The molecule has 0 aliphatic heterocycles. The zero-order chi connectivity index (χ0) is 19.7. The Morgan fingerprint density at radius 2 is 1.63 bits per heavy atom. The molecule has 0 saturated heterocycles. The van der Waals surface area contributed by atoms with Gasteiger partial charge in [0.05, 0.1) is 6.61 Å². The zero-order valence-electron chi connectivity index (χ0n) is 17.3. The molecule has 0 amide bonds. The van der Waals surface area contributed by atoms with Crippen LogP contribution in [0.1, 0.15) is 64.2 Å². The van der Waals surface area contributed by atoms with Gasteiger partial charge in [0.2, 0.25) is 0 Å². The number of hydrogen-bond donors (Lipinski definition) is 1. The number of benzene rings is 2. The second-order valence-corrected chi connectivity index (χ2v) is 9.08. The van der Waals surface area contributed by atoms with E-state index in [1.54, 1.807) is 0 Å². The first-order valence-corrected chi connectivity index (χ1v) is 9.95. The molecule has 1 aliphatic carbocycles. The van der Waals surface area contributed by atoms with Crippen LogP contribution in [0.5, 0.6) is 0 Å². The minimum absolute atomic E-state index is 0.0769. The van der Waals surface area contributed by atoms with E-state index >= 15 is 0 Å². The Bertz CT molecular complexity index is 881. The molecule has 1 aliphatic rings. The molecule has 0 atom stereocenters. The van der Waals surface area contributed by atoms with Crippen molar-refractivity contribution in [2.75, 3.05) is 6.61 Å². The highest BCUT2D eigenvalue weighted by Gasteiger charge is 2.36. The summed E-state index contributed by atoms with van der Waals surface area (Å²) in [6.45, 7) is 11.6. The Kier molecular flexibility index (Phi) is 5.44. The highest BCUT2D eigenvalue weighted by atomic mass is 16.2. The summed E-state index contributed by atoms with van der Waals surface area (Å²) in [5.74, 6) is 0. The average molecular weight is 361 g/mol. The van der Waals surface area contributed by atoms with Crippen LogP contribution in [-0.2, 0) is 10.8 Å². The molecule has 2 aromatic rings. The molecule has 0 saturated carbocycles. The lowest BCUT2D eigenvalue weighted by atomic mass is 9.63. The quantitative estimate of drug-likeness (QED) is 0.605. The number of hydrogen-bond acceptors (Lipinski definition) is 1. The molecule has 142 valence electrons. The van der Waals surface area contributed by atoms with E-state index in [2.05, 4.69) is 82.3 Å². The second-order valence-electron chi connectivity index (χ2n) is 9.08. The molecule has 1 nitrogen and oxygen atoms in total. The van der Waals surface area contributed by atoms with E-state index in [1.807, 2.05) is 13.0 Å². The Hall–Kier alpha value is -2.12. The van der Waals surface area contributed by atoms with Gasteiger partial charge in [0.25, 0.3) is 0 Å². The fourth-order valence-electron chi connectivity index (χ4n) is 4.09. The SMILES string of the molecule is CC(C=Cc1ccccc1-c1ccc2c(c1)C(C)(C)CCC2(C)C)=CCO. The molecule has 0 unspecified atom stereocenters. The Morgan fingerprint density at radius 3 is 2.33 bits per heavy atom.